The molecule has 0 saturated heterocycles. The Morgan fingerprint density at radius 3 is 2.00 bits per heavy atom. The predicted octanol–water partition coefficient (Wildman–Crippen LogP) is 3.49. The predicted molar refractivity (Wildman–Crippen MR) is 105 cm³/mol. The zero-order chi connectivity index (χ0) is 18.9. The van der Waals surface area contributed by atoms with Crippen LogP contribution in [0.2, 0.25) is 0 Å². The van der Waals surface area contributed by atoms with Crippen molar-refractivity contribution < 1.29 is 9.59 Å². The molecule has 1 aromatic carbocycles. The molecule has 0 unspecified atom stereocenters. The van der Waals surface area contributed by atoms with E-state index in [0.717, 1.165) is 49.9 Å². The SMILES string of the molecule is Cc1ccc(C(=O)NCC2CCC(CNC(=O)NCC(C)C)CC2)cc1. The van der Waals surface area contributed by atoms with E-state index in [1.807, 2.05) is 31.2 Å². The van der Waals surface area contributed by atoms with Crippen molar-refractivity contribution >= 4 is 11.9 Å². The van der Waals surface area contributed by atoms with E-state index >= 15 is 0 Å². The summed E-state index contributed by atoms with van der Waals surface area (Å²) in [5.41, 5.74) is 1.88. The van der Waals surface area contributed by atoms with Crippen LogP contribution in [0.3, 0.4) is 0 Å². The van der Waals surface area contributed by atoms with Crippen molar-refractivity contribution in [1.82, 2.24) is 16.0 Å². The molecule has 0 spiro atoms. The first-order valence-electron chi connectivity index (χ1n) is 9.80. The summed E-state index contributed by atoms with van der Waals surface area (Å²) in [4.78, 5) is 23.9. The van der Waals surface area contributed by atoms with Gasteiger partial charge in [0, 0.05) is 25.2 Å². The quantitative estimate of drug-likeness (QED) is 0.697. The van der Waals surface area contributed by atoms with Gasteiger partial charge in [-0.15, -0.1) is 0 Å². The van der Waals surface area contributed by atoms with E-state index in [9.17, 15) is 9.59 Å². The fraction of sp³-hybridized carbons (Fsp3) is 0.619. The highest BCUT2D eigenvalue weighted by molar-refractivity contribution is 5.94. The van der Waals surface area contributed by atoms with Crippen LogP contribution in [0.4, 0.5) is 4.79 Å². The Hall–Kier alpha value is -2.04. The number of aryl methyl sites for hydroxylation is 1. The number of benzene rings is 1. The lowest BCUT2D eigenvalue weighted by atomic mass is 9.82. The Morgan fingerprint density at radius 2 is 1.46 bits per heavy atom. The van der Waals surface area contributed by atoms with Crippen molar-refractivity contribution in [3.8, 4) is 0 Å². The highest BCUT2D eigenvalue weighted by Gasteiger charge is 2.22. The molecule has 3 amide bonds. The van der Waals surface area contributed by atoms with Crippen molar-refractivity contribution in [2.45, 2.75) is 46.5 Å². The molecule has 0 aromatic heterocycles. The topological polar surface area (TPSA) is 70.2 Å². The first kappa shape index (κ1) is 20.3. The average molecular weight is 360 g/mol. The second-order valence-corrected chi connectivity index (χ2v) is 7.95. The van der Waals surface area contributed by atoms with Gasteiger partial charge in [0.15, 0.2) is 0 Å². The molecule has 0 atom stereocenters. The van der Waals surface area contributed by atoms with Crippen LogP contribution < -0.4 is 16.0 Å². The molecule has 0 radical (unpaired) electrons. The fourth-order valence-electron chi connectivity index (χ4n) is 3.28. The minimum absolute atomic E-state index is 0.00983. The van der Waals surface area contributed by atoms with Crippen LogP contribution >= 0.6 is 0 Å². The lowest BCUT2D eigenvalue weighted by Crippen LogP contribution is -2.40. The molecule has 0 heterocycles. The third-order valence-electron chi connectivity index (χ3n) is 5.05. The maximum atomic E-state index is 12.2. The summed E-state index contributed by atoms with van der Waals surface area (Å²) in [7, 11) is 0. The van der Waals surface area contributed by atoms with Crippen molar-refractivity contribution in [1.29, 1.82) is 0 Å². The number of nitrogens with one attached hydrogen (secondary N) is 3. The van der Waals surface area contributed by atoms with Gasteiger partial charge in [-0.05, 0) is 62.5 Å². The van der Waals surface area contributed by atoms with Crippen LogP contribution in [0.15, 0.2) is 24.3 Å². The maximum Gasteiger partial charge on any atom is 0.314 e. The molecule has 1 aliphatic carbocycles. The second-order valence-electron chi connectivity index (χ2n) is 7.95. The van der Waals surface area contributed by atoms with Gasteiger partial charge in [0.2, 0.25) is 0 Å². The minimum Gasteiger partial charge on any atom is -0.352 e. The van der Waals surface area contributed by atoms with Crippen molar-refractivity contribution in [2.75, 3.05) is 19.6 Å². The molecular weight excluding hydrogens is 326 g/mol. The van der Waals surface area contributed by atoms with Crippen LogP contribution in [-0.4, -0.2) is 31.6 Å². The van der Waals surface area contributed by atoms with Gasteiger partial charge in [-0.25, -0.2) is 4.79 Å². The van der Waals surface area contributed by atoms with Gasteiger partial charge in [0.25, 0.3) is 5.91 Å². The first-order chi connectivity index (χ1) is 12.4. The number of carbonyl (C=O) groups excluding carboxylic acids is 2. The minimum atomic E-state index is -0.0637. The molecule has 2 rings (SSSR count). The van der Waals surface area contributed by atoms with E-state index in [-0.39, 0.29) is 11.9 Å². The van der Waals surface area contributed by atoms with Gasteiger partial charge < -0.3 is 16.0 Å². The van der Waals surface area contributed by atoms with E-state index in [0.29, 0.717) is 24.3 Å². The summed E-state index contributed by atoms with van der Waals surface area (Å²) in [5.74, 6) is 1.56. The Bertz CT molecular complexity index is 575. The highest BCUT2D eigenvalue weighted by atomic mass is 16.2. The molecule has 144 valence electrons. The number of amides is 3. The van der Waals surface area contributed by atoms with Crippen molar-refractivity contribution in [2.24, 2.45) is 17.8 Å². The third-order valence-corrected chi connectivity index (χ3v) is 5.05. The standard InChI is InChI=1S/C21H33N3O2/c1-15(2)12-23-21(26)24-14-18-8-6-17(7-9-18)13-22-20(25)19-10-4-16(3)5-11-19/h4-5,10-11,15,17-18H,6-9,12-14H2,1-3H3,(H,22,25)(H2,23,24,26). The molecular formula is C21H33N3O2. The van der Waals surface area contributed by atoms with Crippen LogP contribution in [0.25, 0.3) is 0 Å². The molecule has 1 saturated carbocycles. The van der Waals surface area contributed by atoms with E-state index in [1.165, 1.54) is 0 Å². The maximum absolute atomic E-state index is 12.2. The van der Waals surface area contributed by atoms with E-state index in [4.69, 9.17) is 0 Å². The smallest absolute Gasteiger partial charge is 0.314 e. The molecule has 5 heteroatoms. The van der Waals surface area contributed by atoms with Crippen LogP contribution in [0.5, 0.6) is 0 Å². The monoisotopic (exact) mass is 359 g/mol. The molecule has 0 aliphatic heterocycles. The summed E-state index contributed by atoms with van der Waals surface area (Å²) < 4.78 is 0. The van der Waals surface area contributed by atoms with Gasteiger partial charge in [-0.1, -0.05) is 31.5 Å². The number of urea groups is 1. The van der Waals surface area contributed by atoms with Crippen LogP contribution in [0, 0.1) is 24.7 Å². The second kappa shape index (κ2) is 10.2. The highest BCUT2D eigenvalue weighted by Crippen LogP contribution is 2.28. The Balaban J connectivity index is 1.61. The zero-order valence-corrected chi connectivity index (χ0v) is 16.3. The summed E-state index contributed by atoms with van der Waals surface area (Å²) in [6, 6.07) is 7.61. The molecule has 1 fully saturated rings. The first-order valence-corrected chi connectivity index (χ1v) is 9.80. The third kappa shape index (κ3) is 7.06. The number of hydrogen-bond acceptors (Lipinski definition) is 2. The molecule has 5 nitrogen and oxygen atoms in total. The van der Waals surface area contributed by atoms with Gasteiger partial charge in [-0.3, -0.25) is 4.79 Å². The van der Waals surface area contributed by atoms with Gasteiger partial charge in [0.05, 0.1) is 0 Å². The van der Waals surface area contributed by atoms with Gasteiger partial charge in [0.1, 0.15) is 0 Å². The summed E-state index contributed by atoms with van der Waals surface area (Å²) in [6.45, 7) is 8.37. The summed E-state index contributed by atoms with van der Waals surface area (Å²) in [5, 5.41) is 8.93. The van der Waals surface area contributed by atoms with Gasteiger partial charge in [-0.2, -0.15) is 0 Å². The summed E-state index contributed by atoms with van der Waals surface area (Å²) >= 11 is 0. The zero-order valence-electron chi connectivity index (χ0n) is 16.3. The number of hydrogen-bond donors (Lipinski definition) is 3. The van der Waals surface area contributed by atoms with Crippen molar-refractivity contribution in [3.05, 3.63) is 35.4 Å². The lowest BCUT2D eigenvalue weighted by Gasteiger charge is -2.28. The van der Waals surface area contributed by atoms with E-state index < -0.39 is 0 Å². The molecule has 3 N–H and O–H groups in total. The molecule has 0 bridgehead atoms. The van der Waals surface area contributed by atoms with E-state index in [1.54, 1.807) is 0 Å². The normalized spacial score (nSPS) is 19.8. The number of carbonyl (C=O) groups is 2. The average Bonchev–Trinajstić information content (AvgIpc) is 2.64. The molecule has 26 heavy (non-hydrogen) atoms. The van der Waals surface area contributed by atoms with Crippen molar-refractivity contribution in [3.63, 3.8) is 0 Å². The molecule has 1 aromatic rings. The molecule has 1 aliphatic rings. The summed E-state index contributed by atoms with van der Waals surface area (Å²) in [6.07, 6.45) is 4.42. The lowest BCUT2D eigenvalue weighted by molar-refractivity contribution is 0.0941. The number of rotatable bonds is 7. The Kier molecular flexibility index (Phi) is 7.95. The Labute approximate surface area is 157 Å². The van der Waals surface area contributed by atoms with Crippen LogP contribution in [0.1, 0.15) is 55.5 Å². The largest absolute Gasteiger partial charge is 0.352 e. The fourth-order valence-corrected chi connectivity index (χ4v) is 3.28. The van der Waals surface area contributed by atoms with Gasteiger partial charge >= 0.3 is 6.03 Å². The Morgan fingerprint density at radius 1 is 0.923 bits per heavy atom. The van der Waals surface area contributed by atoms with E-state index in [2.05, 4.69) is 29.8 Å². The van der Waals surface area contributed by atoms with Crippen LogP contribution in [-0.2, 0) is 0 Å².